The van der Waals surface area contributed by atoms with Crippen molar-refractivity contribution in [3.63, 3.8) is 0 Å². The molecule has 0 bridgehead atoms. The summed E-state index contributed by atoms with van der Waals surface area (Å²) in [5.74, 6) is 1.60. The second-order valence-electron chi connectivity index (χ2n) is 4.27. The van der Waals surface area contributed by atoms with Gasteiger partial charge in [-0.15, -0.1) is 0 Å². The van der Waals surface area contributed by atoms with Crippen LogP contribution in [0.4, 0.5) is 5.82 Å². The lowest BCUT2D eigenvalue weighted by Gasteiger charge is -2.21. The molecule has 1 aromatic rings. The van der Waals surface area contributed by atoms with E-state index in [0.29, 0.717) is 11.1 Å². The maximum absolute atomic E-state index is 5.99. The van der Waals surface area contributed by atoms with E-state index in [4.69, 9.17) is 11.6 Å². The van der Waals surface area contributed by atoms with Gasteiger partial charge in [-0.1, -0.05) is 23.4 Å². The van der Waals surface area contributed by atoms with Gasteiger partial charge >= 0.3 is 0 Å². The van der Waals surface area contributed by atoms with Gasteiger partial charge in [0.15, 0.2) is 5.16 Å². The molecule has 0 spiro atoms. The molecule has 1 N–H and O–H groups in total. The average Bonchev–Trinajstić information content (AvgIpc) is 2.81. The Morgan fingerprint density at radius 2 is 2.41 bits per heavy atom. The molecule has 1 saturated heterocycles. The normalized spacial score (nSPS) is 19.6. The summed E-state index contributed by atoms with van der Waals surface area (Å²) in [5, 5.41) is 4.61. The third-order valence-electron chi connectivity index (χ3n) is 2.93. The lowest BCUT2D eigenvalue weighted by molar-refractivity contribution is 0.574. The molecular weight excluding hydrogens is 256 g/mol. The first-order valence-corrected chi connectivity index (χ1v) is 7.29. The Kier molecular flexibility index (Phi) is 4.48. The van der Waals surface area contributed by atoms with Crippen molar-refractivity contribution in [2.24, 2.45) is 5.92 Å². The van der Waals surface area contributed by atoms with Gasteiger partial charge in [-0.3, -0.25) is 0 Å². The van der Waals surface area contributed by atoms with Crippen LogP contribution < -0.4 is 10.2 Å². The molecule has 0 aliphatic carbocycles. The molecular formula is C11H17ClN4S. The number of rotatable bonds is 4. The lowest BCUT2D eigenvalue weighted by Crippen LogP contribution is -2.27. The number of hydrogen-bond acceptors (Lipinski definition) is 5. The number of nitrogens with zero attached hydrogens (tertiary/aromatic N) is 3. The van der Waals surface area contributed by atoms with E-state index in [2.05, 4.69) is 27.2 Å². The van der Waals surface area contributed by atoms with Crippen LogP contribution in [-0.4, -0.2) is 42.9 Å². The van der Waals surface area contributed by atoms with Crippen LogP contribution >= 0.6 is 23.4 Å². The Morgan fingerprint density at radius 3 is 3.06 bits per heavy atom. The molecule has 0 saturated carbocycles. The van der Waals surface area contributed by atoms with Crippen LogP contribution in [0.25, 0.3) is 0 Å². The van der Waals surface area contributed by atoms with E-state index in [0.717, 1.165) is 30.6 Å². The van der Waals surface area contributed by atoms with E-state index in [-0.39, 0.29) is 0 Å². The highest BCUT2D eigenvalue weighted by molar-refractivity contribution is 7.98. The van der Waals surface area contributed by atoms with Crippen LogP contribution in [0.2, 0.25) is 5.15 Å². The van der Waals surface area contributed by atoms with Gasteiger partial charge in [-0.25, -0.2) is 9.97 Å². The van der Waals surface area contributed by atoms with Crippen LogP contribution in [0.3, 0.4) is 0 Å². The smallest absolute Gasteiger partial charge is 0.190 e. The first-order valence-electron chi connectivity index (χ1n) is 5.69. The monoisotopic (exact) mass is 272 g/mol. The molecule has 17 heavy (non-hydrogen) atoms. The standard InChI is InChI=1S/C11H17ClN4S/c1-16(7-8-3-4-13-6-8)10-5-9(12)14-11(15-10)17-2/h5,8,13H,3-4,6-7H2,1-2H3/t8-/m1/s1. The third kappa shape index (κ3) is 3.47. The molecule has 1 aliphatic rings. The minimum absolute atomic E-state index is 0.510. The molecule has 0 amide bonds. The zero-order valence-electron chi connectivity index (χ0n) is 10.1. The molecule has 0 radical (unpaired) electrons. The summed E-state index contributed by atoms with van der Waals surface area (Å²) in [4.78, 5) is 10.8. The number of aromatic nitrogens is 2. The number of nitrogens with one attached hydrogen (secondary N) is 1. The number of anilines is 1. The topological polar surface area (TPSA) is 41.1 Å². The number of halogens is 1. The Morgan fingerprint density at radius 1 is 1.59 bits per heavy atom. The molecule has 0 unspecified atom stereocenters. The maximum atomic E-state index is 5.99. The molecule has 2 heterocycles. The van der Waals surface area contributed by atoms with Gasteiger partial charge in [0.2, 0.25) is 0 Å². The summed E-state index contributed by atoms with van der Waals surface area (Å²) < 4.78 is 0. The summed E-state index contributed by atoms with van der Waals surface area (Å²) in [6, 6.07) is 1.82. The molecule has 6 heteroatoms. The Bertz CT molecular complexity index is 382. The van der Waals surface area contributed by atoms with Crippen molar-refractivity contribution >= 4 is 29.2 Å². The van der Waals surface area contributed by atoms with E-state index in [1.54, 1.807) is 0 Å². The Labute approximate surface area is 111 Å². The summed E-state index contributed by atoms with van der Waals surface area (Å²) in [5.41, 5.74) is 0. The highest BCUT2D eigenvalue weighted by Gasteiger charge is 2.17. The largest absolute Gasteiger partial charge is 0.359 e. The van der Waals surface area contributed by atoms with Gasteiger partial charge in [0.05, 0.1) is 0 Å². The van der Waals surface area contributed by atoms with Gasteiger partial charge in [0, 0.05) is 19.7 Å². The lowest BCUT2D eigenvalue weighted by atomic mass is 10.1. The van der Waals surface area contributed by atoms with Crippen molar-refractivity contribution in [1.29, 1.82) is 0 Å². The quantitative estimate of drug-likeness (QED) is 0.515. The van der Waals surface area contributed by atoms with Crippen molar-refractivity contribution < 1.29 is 0 Å². The van der Waals surface area contributed by atoms with Crippen molar-refractivity contribution in [3.05, 3.63) is 11.2 Å². The summed E-state index contributed by atoms with van der Waals surface area (Å²) >= 11 is 7.50. The molecule has 1 fully saturated rings. The second kappa shape index (κ2) is 5.89. The second-order valence-corrected chi connectivity index (χ2v) is 5.44. The Hall–Kier alpha value is -0.520. The average molecular weight is 273 g/mol. The third-order valence-corrected chi connectivity index (χ3v) is 3.67. The van der Waals surface area contributed by atoms with Crippen LogP contribution in [0.5, 0.6) is 0 Å². The van der Waals surface area contributed by atoms with E-state index >= 15 is 0 Å². The fraction of sp³-hybridized carbons (Fsp3) is 0.636. The molecule has 0 aromatic carbocycles. The summed E-state index contributed by atoms with van der Waals surface area (Å²) in [7, 11) is 2.06. The molecule has 1 aromatic heterocycles. The minimum atomic E-state index is 0.510. The molecule has 94 valence electrons. The fourth-order valence-corrected chi connectivity index (χ4v) is 2.63. The zero-order valence-corrected chi connectivity index (χ0v) is 11.7. The highest BCUT2D eigenvalue weighted by atomic mass is 35.5. The maximum Gasteiger partial charge on any atom is 0.190 e. The summed E-state index contributed by atoms with van der Waals surface area (Å²) in [6.45, 7) is 3.23. The number of thioether (sulfide) groups is 1. The van der Waals surface area contributed by atoms with Gasteiger partial charge in [0.25, 0.3) is 0 Å². The zero-order chi connectivity index (χ0) is 12.3. The predicted molar refractivity (Wildman–Crippen MR) is 73.1 cm³/mol. The van der Waals surface area contributed by atoms with E-state index in [9.17, 15) is 0 Å². The predicted octanol–water partition coefficient (Wildman–Crippen LogP) is 1.90. The summed E-state index contributed by atoms with van der Waals surface area (Å²) in [6.07, 6.45) is 3.19. The van der Waals surface area contributed by atoms with Crippen LogP contribution in [0.15, 0.2) is 11.2 Å². The SMILES string of the molecule is CSc1nc(Cl)cc(N(C)C[C@@H]2CCNC2)n1. The molecule has 1 aliphatic heterocycles. The minimum Gasteiger partial charge on any atom is -0.359 e. The van der Waals surface area contributed by atoms with Crippen molar-refractivity contribution in [2.45, 2.75) is 11.6 Å². The van der Waals surface area contributed by atoms with E-state index in [1.807, 2.05) is 12.3 Å². The van der Waals surface area contributed by atoms with E-state index in [1.165, 1.54) is 18.2 Å². The number of hydrogen-bond donors (Lipinski definition) is 1. The van der Waals surface area contributed by atoms with Gasteiger partial charge in [0.1, 0.15) is 11.0 Å². The van der Waals surface area contributed by atoms with Gasteiger partial charge < -0.3 is 10.2 Å². The van der Waals surface area contributed by atoms with E-state index < -0.39 is 0 Å². The first kappa shape index (κ1) is 12.9. The molecule has 1 atom stereocenters. The highest BCUT2D eigenvalue weighted by Crippen LogP contribution is 2.21. The van der Waals surface area contributed by atoms with Crippen LogP contribution in [0, 0.1) is 5.92 Å². The van der Waals surface area contributed by atoms with Crippen molar-refractivity contribution in [2.75, 3.05) is 37.8 Å². The van der Waals surface area contributed by atoms with Gasteiger partial charge in [-0.05, 0) is 31.7 Å². The van der Waals surface area contributed by atoms with Gasteiger partial charge in [-0.2, -0.15) is 0 Å². The van der Waals surface area contributed by atoms with Crippen LogP contribution in [0.1, 0.15) is 6.42 Å². The van der Waals surface area contributed by atoms with Crippen LogP contribution in [-0.2, 0) is 0 Å². The van der Waals surface area contributed by atoms with Crippen molar-refractivity contribution in [3.8, 4) is 0 Å². The fourth-order valence-electron chi connectivity index (χ4n) is 2.02. The van der Waals surface area contributed by atoms with Crippen molar-refractivity contribution in [1.82, 2.24) is 15.3 Å². The first-order chi connectivity index (χ1) is 8.19. The molecule has 4 nitrogen and oxygen atoms in total. The Balaban J connectivity index is 2.06. The molecule has 2 rings (SSSR count).